The summed E-state index contributed by atoms with van der Waals surface area (Å²) in [6, 6.07) is 7.66. The van der Waals surface area contributed by atoms with Crippen molar-refractivity contribution in [2.45, 2.75) is 12.5 Å². The van der Waals surface area contributed by atoms with Crippen molar-refractivity contribution in [3.05, 3.63) is 64.9 Å². The molecule has 0 spiro atoms. The molecule has 0 saturated carbocycles. The van der Waals surface area contributed by atoms with Crippen LogP contribution in [0.4, 0.5) is 21.6 Å². The van der Waals surface area contributed by atoms with Crippen LogP contribution in [0.25, 0.3) is 10.9 Å². The molecule has 1 fully saturated rings. The van der Waals surface area contributed by atoms with Gasteiger partial charge in [-0.25, -0.2) is 14.4 Å². The van der Waals surface area contributed by atoms with Crippen LogP contribution in [-0.2, 0) is 9.53 Å². The van der Waals surface area contributed by atoms with Crippen LogP contribution < -0.4 is 15.4 Å². The molecule has 2 N–H and O–H groups in total. The van der Waals surface area contributed by atoms with Gasteiger partial charge in [0, 0.05) is 29.6 Å². The first-order valence-corrected chi connectivity index (χ1v) is 11.3. The number of benzene rings is 2. The highest BCUT2D eigenvalue weighted by Crippen LogP contribution is 2.35. The van der Waals surface area contributed by atoms with Gasteiger partial charge in [-0.05, 0) is 30.3 Å². The highest BCUT2D eigenvalue weighted by molar-refractivity contribution is 6.31. The number of rotatable bonds is 8. The van der Waals surface area contributed by atoms with E-state index in [-0.39, 0.29) is 17.7 Å². The number of quaternary nitrogens is 1. The van der Waals surface area contributed by atoms with Crippen LogP contribution in [0.2, 0.25) is 5.02 Å². The summed E-state index contributed by atoms with van der Waals surface area (Å²) >= 11 is 5.90. The second-order valence-corrected chi connectivity index (χ2v) is 9.00. The SMILES string of the molecule is C[N+](C)([O-])C/C=C/C(=O)Nc1cc2c(Nc3ccc(F)c(Cl)c3)ncnc2cc1OC1CCOC1. The molecule has 4 rings (SSSR count). The third-order valence-electron chi connectivity index (χ3n) is 5.17. The Labute approximate surface area is 206 Å². The van der Waals surface area contributed by atoms with Crippen molar-refractivity contribution >= 4 is 45.6 Å². The molecule has 1 amide bonds. The first kappa shape index (κ1) is 24.8. The Hall–Kier alpha value is -3.31. The molecule has 3 aromatic rings. The highest BCUT2D eigenvalue weighted by atomic mass is 35.5. The maximum Gasteiger partial charge on any atom is 0.248 e. The third kappa shape index (κ3) is 6.64. The predicted molar refractivity (Wildman–Crippen MR) is 132 cm³/mol. The fourth-order valence-corrected chi connectivity index (χ4v) is 3.64. The number of carbonyl (C=O) groups excluding carboxylic acids is 1. The maximum atomic E-state index is 13.6. The molecule has 1 saturated heterocycles. The van der Waals surface area contributed by atoms with E-state index in [9.17, 15) is 14.4 Å². The first-order chi connectivity index (χ1) is 16.7. The van der Waals surface area contributed by atoms with Crippen LogP contribution in [0.3, 0.4) is 0 Å². The summed E-state index contributed by atoms with van der Waals surface area (Å²) in [6.45, 7) is 1.20. The molecule has 1 aliphatic rings. The van der Waals surface area contributed by atoms with Gasteiger partial charge >= 0.3 is 0 Å². The molecule has 2 aromatic carbocycles. The van der Waals surface area contributed by atoms with Crippen molar-refractivity contribution in [3.8, 4) is 5.75 Å². The molecule has 1 aliphatic heterocycles. The minimum Gasteiger partial charge on any atom is -0.633 e. The summed E-state index contributed by atoms with van der Waals surface area (Å²) in [5, 5.41) is 18.2. The zero-order valence-corrected chi connectivity index (χ0v) is 20.0. The molecule has 184 valence electrons. The molecule has 11 heteroatoms. The number of nitrogens with zero attached hydrogens (tertiary/aromatic N) is 3. The van der Waals surface area contributed by atoms with Crippen LogP contribution in [-0.4, -0.2) is 60.5 Å². The average Bonchev–Trinajstić information content (AvgIpc) is 3.29. The predicted octanol–water partition coefficient (Wildman–Crippen LogP) is 4.40. The number of aromatic nitrogens is 2. The van der Waals surface area contributed by atoms with Crippen LogP contribution >= 0.6 is 11.6 Å². The van der Waals surface area contributed by atoms with Gasteiger partial charge in [0.05, 0.1) is 50.1 Å². The molecule has 1 unspecified atom stereocenters. The second-order valence-electron chi connectivity index (χ2n) is 8.59. The molecule has 0 radical (unpaired) electrons. The molecule has 0 bridgehead atoms. The number of hydrogen-bond acceptors (Lipinski definition) is 7. The number of nitrogens with one attached hydrogen (secondary N) is 2. The van der Waals surface area contributed by atoms with Gasteiger partial charge < -0.3 is 30.0 Å². The van der Waals surface area contributed by atoms with Crippen molar-refractivity contribution in [1.82, 2.24) is 9.97 Å². The van der Waals surface area contributed by atoms with Crippen molar-refractivity contribution in [1.29, 1.82) is 0 Å². The Morgan fingerprint density at radius 2 is 2.17 bits per heavy atom. The van der Waals surface area contributed by atoms with Crippen molar-refractivity contribution in [2.75, 3.05) is 44.5 Å². The van der Waals surface area contributed by atoms with E-state index in [4.69, 9.17) is 21.1 Å². The van der Waals surface area contributed by atoms with Gasteiger partial charge in [-0.1, -0.05) is 11.6 Å². The van der Waals surface area contributed by atoms with E-state index in [1.54, 1.807) is 12.1 Å². The van der Waals surface area contributed by atoms with Crippen LogP contribution in [0, 0.1) is 11.0 Å². The molecule has 35 heavy (non-hydrogen) atoms. The Morgan fingerprint density at radius 3 is 2.89 bits per heavy atom. The quantitative estimate of drug-likeness (QED) is 0.267. The zero-order valence-electron chi connectivity index (χ0n) is 19.3. The molecule has 0 aliphatic carbocycles. The summed E-state index contributed by atoms with van der Waals surface area (Å²) in [5.74, 6) is -0.0734. The highest BCUT2D eigenvalue weighted by Gasteiger charge is 2.21. The number of amides is 1. The fourth-order valence-electron chi connectivity index (χ4n) is 3.46. The number of likely N-dealkylation sites (N-methyl/N-ethyl adjacent to an activating group) is 1. The first-order valence-electron chi connectivity index (χ1n) is 10.9. The Bertz CT molecular complexity index is 1260. The van der Waals surface area contributed by atoms with Gasteiger partial charge in [0.25, 0.3) is 0 Å². The van der Waals surface area contributed by atoms with Crippen molar-refractivity contribution in [2.24, 2.45) is 0 Å². The zero-order chi connectivity index (χ0) is 25.0. The Balaban J connectivity index is 1.67. The molecule has 1 aromatic heterocycles. The van der Waals surface area contributed by atoms with Gasteiger partial charge in [-0.3, -0.25) is 4.79 Å². The monoisotopic (exact) mass is 501 g/mol. The van der Waals surface area contributed by atoms with E-state index in [1.165, 1.54) is 50.8 Å². The Kier molecular flexibility index (Phi) is 7.46. The number of ether oxygens (including phenoxy) is 2. The van der Waals surface area contributed by atoms with Gasteiger partial charge in [0.1, 0.15) is 29.8 Å². The van der Waals surface area contributed by atoms with Gasteiger partial charge in [0.15, 0.2) is 0 Å². The van der Waals surface area contributed by atoms with Crippen molar-refractivity contribution < 1.29 is 23.3 Å². The van der Waals surface area contributed by atoms with Crippen LogP contribution in [0.15, 0.2) is 48.8 Å². The lowest BCUT2D eigenvalue weighted by Gasteiger charge is -2.32. The summed E-state index contributed by atoms with van der Waals surface area (Å²) in [4.78, 5) is 21.2. The van der Waals surface area contributed by atoms with E-state index >= 15 is 0 Å². The van der Waals surface area contributed by atoms with E-state index in [2.05, 4.69) is 20.6 Å². The minimum absolute atomic E-state index is 0.0255. The van der Waals surface area contributed by atoms with Crippen LogP contribution in [0.1, 0.15) is 6.42 Å². The number of hydrogen-bond donors (Lipinski definition) is 2. The van der Waals surface area contributed by atoms with E-state index in [0.717, 1.165) is 6.42 Å². The van der Waals surface area contributed by atoms with Crippen molar-refractivity contribution in [3.63, 3.8) is 0 Å². The number of anilines is 3. The lowest BCUT2D eigenvalue weighted by molar-refractivity contribution is -0.833. The molecule has 9 nitrogen and oxygen atoms in total. The summed E-state index contributed by atoms with van der Waals surface area (Å²) in [5.41, 5.74) is 1.51. The normalized spacial score (nSPS) is 16.1. The smallest absolute Gasteiger partial charge is 0.248 e. The number of carbonyl (C=O) groups is 1. The van der Waals surface area contributed by atoms with E-state index in [0.29, 0.717) is 47.1 Å². The maximum absolute atomic E-state index is 13.6. The third-order valence-corrected chi connectivity index (χ3v) is 5.46. The molecule has 1 atom stereocenters. The van der Waals surface area contributed by atoms with E-state index in [1.807, 2.05) is 0 Å². The van der Waals surface area contributed by atoms with Gasteiger partial charge in [-0.15, -0.1) is 0 Å². The standard InChI is InChI=1S/C24H25ClFN5O4/c1-31(2,33)8-3-4-23(32)30-21-11-17-20(12-22(21)35-16-7-9-34-13-16)27-14-28-24(17)29-15-5-6-19(26)18(25)10-15/h3-6,10-12,14,16H,7-9,13H2,1-2H3,(H,30,32)(H,27,28,29)/b4-3+. The average molecular weight is 502 g/mol. The van der Waals surface area contributed by atoms with Crippen LogP contribution in [0.5, 0.6) is 5.75 Å². The fraction of sp³-hybridized carbons (Fsp3) is 0.292. The molecular formula is C24H25ClFN5O4. The lowest BCUT2D eigenvalue weighted by Crippen LogP contribution is -2.32. The number of hydroxylamine groups is 3. The Morgan fingerprint density at radius 1 is 1.34 bits per heavy atom. The van der Waals surface area contributed by atoms with Gasteiger partial charge in [-0.2, -0.15) is 0 Å². The largest absolute Gasteiger partial charge is 0.633 e. The minimum atomic E-state index is -0.546. The summed E-state index contributed by atoms with van der Waals surface area (Å²) in [6.07, 6.45) is 4.79. The number of halogens is 2. The summed E-state index contributed by atoms with van der Waals surface area (Å²) in [7, 11) is 2.98. The molecule has 2 heterocycles. The van der Waals surface area contributed by atoms with Gasteiger partial charge in [0.2, 0.25) is 5.91 Å². The van der Waals surface area contributed by atoms with E-state index < -0.39 is 16.4 Å². The lowest BCUT2D eigenvalue weighted by atomic mass is 10.1. The summed E-state index contributed by atoms with van der Waals surface area (Å²) < 4.78 is 24.5. The molecular weight excluding hydrogens is 477 g/mol. The second kappa shape index (κ2) is 10.5. The topological polar surface area (TPSA) is 108 Å². The number of fused-ring (bicyclic) bond motifs is 1.